The highest BCUT2D eigenvalue weighted by atomic mass is 17.2. The molecule has 0 spiro atoms. The molecule has 0 bridgehead atoms. The Morgan fingerprint density at radius 2 is 1.52 bits per heavy atom. The lowest BCUT2D eigenvalue weighted by Crippen LogP contribution is -2.53. The molecule has 1 N–H and O–H groups in total. The minimum absolute atomic E-state index is 0.199. The molecule has 0 unspecified atom stereocenters. The van der Waals surface area contributed by atoms with E-state index >= 15 is 0 Å². The van der Waals surface area contributed by atoms with Crippen LogP contribution < -0.4 is 0 Å². The topological polar surface area (TPSA) is 65.0 Å². The molecule has 3 rings (SSSR count). The van der Waals surface area contributed by atoms with Crippen LogP contribution in [0.5, 0.6) is 0 Å². The lowest BCUT2D eigenvalue weighted by atomic mass is 9.76. The number of esters is 1. The molecular formula is C22H26O5. The van der Waals surface area contributed by atoms with E-state index in [2.05, 4.69) is 0 Å². The molecule has 0 radical (unpaired) electrons. The summed E-state index contributed by atoms with van der Waals surface area (Å²) in [5.74, 6) is -3.17. The number of aryl methyl sites for hydroxylation is 2. The molecule has 0 saturated carbocycles. The SMILES string of the molecule is CCOC(=O)[C@H]1CC(c2ccc(C)cc2)(c2ccc(C)cc2)OO[C@@]1(C)O. The van der Waals surface area contributed by atoms with E-state index < -0.39 is 23.3 Å². The summed E-state index contributed by atoms with van der Waals surface area (Å²) in [6.07, 6.45) is 0.199. The van der Waals surface area contributed by atoms with Gasteiger partial charge in [-0.2, -0.15) is 4.89 Å². The van der Waals surface area contributed by atoms with Gasteiger partial charge in [-0.05, 0) is 38.8 Å². The summed E-state index contributed by atoms with van der Waals surface area (Å²) in [5.41, 5.74) is 2.90. The van der Waals surface area contributed by atoms with Gasteiger partial charge >= 0.3 is 5.97 Å². The minimum Gasteiger partial charge on any atom is -0.466 e. The Kier molecular flexibility index (Phi) is 5.38. The van der Waals surface area contributed by atoms with Gasteiger partial charge in [0.25, 0.3) is 0 Å². The van der Waals surface area contributed by atoms with Crippen LogP contribution in [-0.4, -0.2) is 23.5 Å². The molecular weight excluding hydrogens is 344 g/mol. The second-order valence-electron chi connectivity index (χ2n) is 7.29. The standard InChI is InChI=1S/C22H26O5/c1-5-25-20(23)19-14-22(27-26-21(19,4)24,17-10-6-15(2)7-11-17)18-12-8-16(3)9-13-18/h6-13,19,24H,5,14H2,1-4H3/t19-,21-/m1/s1. The van der Waals surface area contributed by atoms with E-state index in [4.69, 9.17) is 14.5 Å². The predicted octanol–water partition coefficient (Wildman–Crippen LogP) is 3.79. The van der Waals surface area contributed by atoms with Crippen molar-refractivity contribution in [3.05, 3.63) is 70.8 Å². The van der Waals surface area contributed by atoms with Crippen molar-refractivity contribution >= 4 is 5.97 Å². The maximum absolute atomic E-state index is 12.6. The predicted molar refractivity (Wildman–Crippen MR) is 101 cm³/mol. The van der Waals surface area contributed by atoms with Crippen molar-refractivity contribution in [1.82, 2.24) is 0 Å². The molecule has 27 heavy (non-hydrogen) atoms. The summed E-state index contributed by atoms with van der Waals surface area (Å²) in [4.78, 5) is 23.8. The van der Waals surface area contributed by atoms with Gasteiger partial charge in [0.15, 0.2) is 5.60 Å². The van der Waals surface area contributed by atoms with Gasteiger partial charge in [0, 0.05) is 6.42 Å². The van der Waals surface area contributed by atoms with Gasteiger partial charge in [0.05, 0.1) is 6.61 Å². The first kappa shape index (κ1) is 19.5. The lowest BCUT2D eigenvalue weighted by molar-refractivity contribution is -0.489. The number of benzene rings is 2. The molecule has 1 heterocycles. The molecule has 5 heteroatoms. The quantitative estimate of drug-likeness (QED) is 0.655. The van der Waals surface area contributed by atoms with Crippen LogP contribution in [-0.2, 0) is 24.9 Å². The minimum atomic E-state index is -1.77. The number of hydrogen-bond donors (Lipinski definition) is 1. The first-order chi connectivity index (χ1) is 12.8. The Morgan fingerprint density at radius 3 is 1.96 bits per heavy atom. The maximum Gasteiger partial charge on any atom is 0.314 e. The Labute approximate surface area is 159 Å². The normalized spacial score (nSPS) is 24.4. The largest absolute Gasteiger partial charge is 0.466 e. The first-order valence-corrected chi connectivity index (χ1v) is 9.18. The zero-order chi connectivity index (χ0) is 19.7. The molecule has 1 aliphatic heterocycles. The fourth-order valence-electron chi connectivity index (χ4n) is 3.41. The monoisotopic (exact) mass is 370 g/mol. The maximum atomic E-state index is 12.6. The summed E-state index contributed by atoms with van der Waals surface area (Å²) in [7, 11) is 0. The number of carbonyl (C=O) groups is 1. The second-order valence-corrected chi connectivity index (χ2v) is 7.29. The molecule has 1 aliphatic rings. The molecule has 2 aromatic rings. The van der Waals surface area contributed by atoms with Crippen molar-refractivity contribution < 1.29 is 24.4 Å². The van der Waals surface area contributed by atoms with Gasteiger partial charge in [-0.25, -0.2) is 4.89 Å². The van der Waals surface area contributed by atoms with Crippen molar-refractivity contribution in [2.75, 3.05) is 6.61 Å². The van der Waals surface area contributed by atoms with E-state index in [1.807, 2.05) is 62.4 Å². The Balaban J connectivity index is 2.11. The van der Waals surface area contributed by atoms with E-state index in [1.54, 1.807) is 6.92 Å². The van der Waals surface area contributed by atoms with E-state index in [9.17, 15) is 9.90 Å². The highest BCUT2D eigenvalue weighted by Gasteiger charge is 2.54. The molecule has 0 aromatic heterocycles. The van der Waals surface area contributed by atoms with Crippen molar-refractivity contribution in [3.8, 4) is 0 Å². The molecule has 1 saturated heterocycles. The fourth-order valence-corrected chi connectivity index (χ4v) is 3.41. The van der Waals surface area contributed by atoms with Crippen LogP contribution in [0.1, 0.15) is 42.5 Å². The highest BCUT2D eigenvalue weighted by Crippen LogP contribution is 2.47. The first-order valence-electron chi connectivity index (χ1n) is 9.18. The smallest absolute Gasteiger partial charge is 0.314 e. The van der Waals surface area contributed by atoms with E-state index in [0.29, 0.717) is 0 Å². The second kappa shape index (κ2) is 7.43. The lowest BCUT2D eigenvalue weighted by Gasteiger charge is -2.45. The number of aliphatic hydroxyl groups is 1. The zero-order valence-corrected chi connectivity index (χ0v) is 16.2. The van der Waals surface area contributed by atoms with Gasteiger partial charge in [-0.1, -0.05) is 59.7 Å². The average Bonchev–Trinajstić information content (AvgIpc) is 2.63. The average molecular weight is 370 g/mol. The van der Waals surface area contributed by atoms with Crippen molar-refractivity contribution in [2.45, 2.75) is 45.5 Å². The van der Waals surface area contributed by atoms with Crippen LogP contribution in [0.15, 0.2) is 48.5 Å². The van der Waals surface area contributed by atoms with Crippen molar-refractivity contribution in [1.29, 1.82) is 0 Å². The molecule has 2 atom stereocenters. The van der Waals surface area contributed by atoms with Gasteiger partial charge in [0.1, 0.15) is 5.92 Å². The zero-order valence-electron chi connectivity index (χ0n) is 16.2. The molecule has 1 fully saturated rings. The third kappa shape index (κ3) is 3.76. The molecule has 5 nitrogen and oxygen atoms in total. The van der Waals surface area contributed by atoms with Gasteiger partial charge in [-0.15, -0.1) is 0 Å². The fraction of sp³-hybridized carbons (Fsp3) is 0.409. The van der Waals surface area contributed by atoms with Gasteiger partial charge < -0.3 is 9.84 Å². The molecule has 2 aromatic carbocycles. The third-order valence-corrected chi connectivity index (χ3v) is 5.10. The summed E-state index contributed by atoms with van der Waals surface area (Å²) in [6.45, 7) is 7.40. The van der Waals surface area contributed by atoms with Crippen LogP contribution in [0.4, 0.5) is 0 Å². The highest BCUT2D eigenvalue weighted by molar-refractivity contribution is 5.74. The summed E-state index contributed by atoms with van der Waals surface area (Å²) < 4.78 is 5.19. The molecule has 0 amide bonds. The van der Waals surface area contributed by atoms with E-state index in [-0.39, 0.29) is 13.0 Å². The van der Waals surface area contributed by atoms with Crippen LogP contribution in [0.25, 0.3) is 0 Å². The third-order valence-electron chi connectivity index (χ3n) is 5.10. The number of rotatable bonds is 4. The number of ether oxygens (including phenoxy) is 1. The number of carbonyl (C=O) groups excluding carboxylic acids is 1. The number of hydrogen-bond acceptors (Lipinski definition) is 5. The van der Waals surface area contributed by atoms with Gasteiger partial charge in [-0.3, -0.25) is 4.79 Å². The van der Waals surface area contributed by atoms with Crippen molar-refractivity contribution in [3.63, 3.8) is 0 Å². The van der Waals surface area contributed by atoms with Crippen LogP contribution in [0.2, 0.25) is 0 Å². The Hall–Kier alpha value is -2.21. The summed E-state index contributed by atoms with van der Waals surface area (Å²) in [5, 5.41) is 10.6. The van der Waals surface area contributed by atoms with Crippen LogP contribution >= 0.6 is 0 Å². The van der Waals surface area contributed by atoms with Crippen LogP contribution in [0.3, 0.4) is 0 Å². The summed E-state index contributed by atoms with van der Waals surface area (Å²) >= 11 is 0. The van der Waals surface area contributed by atoms with E-state index in [0.717, 1.165) is 22.3 Å². The molecule has 144 valence electrons. The van der Waals surface area contributed by atoms with Crippen molar-refractivity contribution in [2.24, 2.45) is 5.92 Å². The summed E-state index contributed by atoms with van der Waals surface area (Å²) in [6, 6.07) is 15.8. The van der Waals surface area contributed by atoms with Gasteiger partial charge in [0.2, 0.25) is 5.79 Å². The van der Waals surface area contributed by atoms with Crippen LogP contribution in [0, 0.1) is 19.8 Å². The Morgan fingerprint density at radius 1 is 1.04 bits per heavy atom. The Bertz CT molecular complexity index is 747. The molecule has 0 aliphatic carbocycles. The van der Waals surface area contributed by atoms with E-state index in [1.165, 1.54) is 6.92 Å².